The number of rotatable bonds is 1. The van der Waals surface area contributed by atoms with Crippen molar-refractivity contribution in [2.75, 3.05) is 11.5 Å². The second kappa shape index (κ2) is 3.92. The van der Waals surface area contributed by atoms with Crippen LogP contribution in [0.2, 0.25) is 0 Å². The Bertz CT molecular complexity index is 265. The van der Waals surface area contributed by atoms with E-state index in [0.29, 0.717) is 5.69 Å². The highest BCUT2D eigenvalue weighted by Gasteiger charge is 2.09. The highest BCUT2D eigenvalue weighted by atomic mass is 35.5. The van der Waals surface area contributed by atoms with Crippen LogP contribution in [0.1, 0.15) is 0 Å². The van der Waals surface area contributed by atoms with E-state index in [-0.39, 0.29) is 6.03 Å². The fourth-order valence-electron chi connectivity index (χ4n) is 0.685. The van der Waals surface area contributed by atoms with Crippen molar-refractivity contribution in [2.45, 2.75) is 0 Å². The molecule has 0 bridgehead atoms. The van der Waals surface area contributed by atoms with Gasteiger partial charge in [0.2, 0.25) is 0 Å². The van der Waals surface area contributed by atoms with E-state index in [1.54, 1.807) is 18.3 Å². The molecule has 0 saturated carbocycles. The Hall–Kier alpha value is -1.29. The molecule has 1 N–H and O–H groups in total. The molecular formula is C7H8ClN3O. The number of amides is 2. The van der Waals surface area contributed by atoms with E-state index in [4.69, 9.17) is 11.8 Å². The summed E-state index contributed by atoms with van der Waals surface area (Å²) in [7, 11) is 1.51. The molecule has 12 heavy (non-hydrogen) atoms. The maximum atomic E-state index is 11.0. The van der Waals surface area contributed by atoms with Crippen LogP contribution in [0.15, 0.2) is 24.5 Å². The van der Waals surface area contributed by atoms with Gasteiger partial charge in [-0.15, -0.1) is 0 Å². The summed E-state index contributed by atoms with van der Waals surface area (Å²) in [6.07, 6.45) is 3.11. The van der Waals surface area contributed by atoms with Crippen LogP contribution >= 0.6 is 11.8 Å². The van der Waals surface area contributed by atoms with E-state index in [2.05, 4.69) is 10.3 Å². The van der Waals surface area contributed by atoms with Crippen LogP contribution in [0.25, 0.3) is 0 Å². The normalized spacial score (nSPS) is 9.17. The van der Waals surface area contributed by atoms with Crippen molar-refractivity contribution >= 4 is 23.5 Å². The van der Waals surface area contributed by atoms with E-state index in [0.717, 1.165) is 4.42 Å². The third-order valence-corrected chi connectivity index (χ3v) is 1.61. The molecule has 0 unspecified atom stereocenters. The zero-order chi connectivity index (χ0) is 8.97. The predicted molar refractivity (Wildman–Crippen MR) is 47.0 cm³/mol. The number of aromatic nitrogens is 1. The van der Waals surface area contributed by atoms with Crippen molar-refractivity contribution in [1.29, 1.82) is 0 Å². The van der Waals surface area contributed by atoms with Crippen LogP contribution in [0.4, 0.5) is 10.5 Å². The first-order valence-electron chi connectivity index (χ1n) is 3.33. The van der Waals surface area contributed by atoms with Crippen LogP contribution in [-0.4, -0.2) is 18.1 Å². The quantitative estimate of drug-likeness (QED) is 0.672. The lowest BCUT2D eigenvalue weighted by Gasteiger charge is -2.11. The number of urea groups is 1. The number of pyridine rings is 1. The number of carbonyl (C=O) groups is 1. The number of hydrogen-bond acceptors (Lipinski definition) is 2. The summed E-state index contributed by atoms with van der Waals surface area (Å²) < 4.78 is 0.965. The van der Waals surface area contributed by atoms with Gasteiger partial charge in [0.05, 0.1) is 11.9 Å². The summed E-state index contributed by atoms with van der Waals surface area (Å²) in [5.74, 6) is 0. The fourth-order valence-corrected chi connectivity index (χ4v) is 0.870. The minimum atomic E-state index is -0.385. The van der Waals surface area contributed by atoms with Crippen molar-refractivity contribution in [1.82, 2.24) is 10.3 Å². The Morgan fingerprint density at radius 1 is 1.75 bits per heavy atom. The van der Waals surface area contributed by atoms with Gasteiger partial charge in [-0.2, -0.15) is 0 Å². The lowest BCUT2D eigenvalue weighted by Crippen LogP contribution is -2.30. The lowest BCUT2D eigenvalue weighted by molar-refractivity contribution is 0.251. The number of anilines is 1. The topological polar surface area (TPSA) is 45.2 Å². The number of halogens is 1. The van der Waals surface area contributed by atoms with Gasteiger partial charge in [0.15, 0.2) is 0 Å². The average Bonchev–Trinajstić information content (AvgIpc) is 2.17. The van der Waals surface area contributed by atoms with Crippen molar-refractivity contribution in [3.05, 3.63) is 24.5 Å². The summed E-state index contributed by atoms with van der Waals surface area (Å²) in [4.78, 5) is 14.8. The molecule has 1 rings (SSSR count). The Labute approximate surface area is 75.3 Å². The Morgan fingerprint density at radius 3 is 3.00 bits per heavy atom. The molecule has 0 atom stereocenters. The van der Waals surface area contributed by atoms with E-state index >= 15 is 0 Å². The monoisotopic (exact) mass is 185 g/mol. The minimum Gasteiger partial charge on any atom is -0.340 e. The van der Waals surface area contributed by atoms with E-state index in [1.165, 1.54) is 13.2 Å². The highest BCUT2D eigenvalue weighted by molar-refractivity contribution is 6.36. The third kappa shape index (κ3) is 1.85. The van der Waals surface area contributed by atoms with Gasteiger partial charge >= 0.3 is 6.03 Å². The van der Waals surface area contributed by atoms with Gasteiger partial charge in [-0.05, 0) is 12.1 Å². The summed E-state index contributed by atoms with van der Waals surface area (Å²) in [5, 5.41) is 2.39. The van der Waals surface area contributed by atoms with Crippen LogP contribution in [0.5, 0.6) is 0 Å². The van der Waals surface area contributed by atoms with Crippen LogP contribution in [0.3, 0.4) is 0 Å². The fraction of sp³-hybridized carbons (Fsp3) is 0.143. The summed E-state index contributed by atoms with van der Waals surface area (Å²) >= 11 is 5.64. The lowest BCUT2D eigenvalue weighted by atomic mass is 10.4. The van der Waals surface area contributed by atoms with E-state index in [9.17, 15) is 4.79 Å². The van der Waals surface area contributed by atoms with Crippen LogP contribution < -0.4 is 9.74 Å². The molecule has 0 fully saturated rings. The molecular weight excluding hydrogens is 178 g/mol. The molecule has 64 valence electrons. The molecule has 5 heteroatoms. The molecule has 0 aliphatic heterocycles. The number of nitrogens with one attached hydrogen (secondary N) is 1. The standard InChI is InChI=1S/C7H8ClN3O/c1-9-7(12)11(8)6-3-2-4-10-5-6/h2-5H,1H3,(H,9,12). The number of nitrogens with zero attached hydrogens (tertiary/aromatic N) is 2. The second-order valence-electron chi connectivity index (χ2n) is 2.05. The summed E-state index contributed by atoms with van der Waals surface area (Å²) in [6.45, 7) is 0. The molecule has 1 aromatic heterocycles. The van der Waals surface area contributed by atoms with Crippen molar-refractivity contribution in [3.63, 3.8) is 0 Å². The molecule has 0 aromatic carbocycles. The first-order valence-corrected chi connectivity index (χ1v) is 3.67. The minimum absolute atomic E-state index is 0.385. The number of hydrogen-bond donors (Lipinski definition) is 1. The van der Waals surface area contributed by atoms with Gasteiger partial charge in [0.1, 0.15) is 0 Å². The third-order valence-electron chi connectivity index (χ3n) is 1.26. The first kappa shape index (κ1) is 8.80. The molecule has 0 aliphatic carbocycles. The SMILES string of the molecule is CNC(=O)N(Cl)c1cccnc1. The van der Waals surface area contributed by atoms with E-state index < -0.39 is 0 Å². The molecule has 2 amide bonds. The van der Waals surface area contributed by atoms with Gasteiger partial charge in [-0.25, -0.2) is 9.21 Å². The van der Waals surface area contributed by atoms with Gasteiger partial charge in [0.25, 0.3) is 0 Å². The van der Waals surface area contributed by atoms with Gasteiger partial charge in [0, 0.05) is 25.0 Å². The second-order valence-corrected chi connectivity index (χ2v) is 2.39. The molecule has 1 heterocycles. The predicted octanol–water partition coefficient (Wildman–Crippen LogP) is 1.38. The molecule has 0 radical (unpaired) electrons. The average molecular weight is 186 g/mol. The van der Waals surface area contributed by atoms with Gasteiger partial charge in [-0.3, -0.25) is 4.98 Å². The van der Waals surface area contributed by atoms with Gasteiger partial charge < -0.3 is 5.32 Å². The molecule has 4 nitrogen and oxygen atoms in total. The van der Waals surface area contributed by atoms with Crippen molar-refractivity contribution in [2.24, 2.45) is 0 Å². The Morgan fingerprint density at radius 2 is 2.50 bits per heavy atom. The van der Waals surface area contributed by atoms with E-state index in [1.807, 2.05) is 0 Å². The zero-order valence-electron chi connectivity index (χ0n) is 6.49. The molecule has 0 spiro atoms. The summed E-state index contributed by atoms with van der Waals surface area (Å²) in [6, 6.07) is 3.01. The van der Waals surface area contributed by atoms with Crippen molar-refractivity contribution < 1.29 is 4.79 Å². The maximum absolute atomic E-state index is 11.0. The molecule has 0 aliphatic rings. The molecule has 0 saturated heterocycles. The number of carbonyl (C=O) groups excluding carboxylic acids is 1. The zero-order valence-corrected chi connectivity index (χ0v) is 7.25. The van der Waals surface area contributed by atoms with Crippen LogP contribution in [-0.2, 0) is 0 Å². The van der Waals surface area contributed by atoms with Crippen LogP contribution in [0, 0.1) is 0 Å². The molecule has 1 aromatic rings. The largest absolute Gasteiger partial charge is 0.340 e. The highest BCUT2D eigenvalue weighted by Crippen LogP contribution is 2.13. The Balaban J connectivity index is 2.78. The van der Waals surface area contributed by atoms with Crippen molar-refractivity contribution in [3.8, 4) is 0 Å². The summed E-state index contributed by atoms with van der Waals surface area (Å²) in [5.41, 5.74) is 0.540. The maximum Gasteiger partial charge on any atom is 0.336 e. The Kier molecular flexibility index (Phi) is 2.88. The van der Waals surface area contributed by atoms with Gasteiger partial charge in [-0.1, -0.05) is 0 Å². The smallest absolute Gasteiger partial charge is 0.336 e. The first-order chi connectivity index (χ1) is 5.75.